The first-order chi connectivity index (χ1) is 9.06. The fraction of sp³-hybridized carbons (Fsp3) is 0.333. The predicted molar refractivity (Wildman–Crippen MR) is 73.4 cm³/mol. The van der Waals surface area contributed by atoms with Gasteiger partial charge >= 0.3 is 0 Å². The lowest BCUT2D eigenvalue weighted by atomic mass is 9.95. The molecule has 1 unspecified atom stereocenters. The molecule has 3 rings (SSSR count). The van der Waals surface area contributed by atoms with Crippen LogP contribution in [0, 0.1) is 12.7 Å². The van der Waals surface area contributed by atoms with E-state index in [1.54, 1.807) is 6.07 Å². The SMILES string of the molecule is Cc1cc2c(n1-c1cc(F)cc(Cl)c1)CCCC2O. The fourth-order valence-corrected chi connectivity index (χ4v) is 3.12. The number of hydrogen-bond donors (Lipinski definition) is 1. The van der Waals surface area contributed by atoms with Crippen LogP contribution in [-0.2, 0) is 6.42 Å². The van der Waals surface area contributed by atoms with Crippen LogP contribution in [0.4, 0.5) is 4.39 Å². The maximum Gasteiger partial charge on any atom is 0.126 e. The molecule has 0 aliphatic heterocycles. The van der Waals surface area contributed by atoms with Crippen molar-refractivity contribution in [3.05, 3.63) is 52.1 Å². The highest BCUT2D eigenvalue weighted by atomic mass is 35.5. The summed E-state index contributed by atoms with van der Waals surface area (Å²) in [6.07, 6.45) is 2.22. The Balaban J connectivity index is 2.20. The van der Waals surface area contributed by atoms with Crippen LogP contribution in [0.5, 0.6) is 0 Å². The second-order valence-corrected chi connectivity index (χ2v) is 5.50. The summed E-state index contributed by atoms with van der Waals surface area (Å²) in [5.41, 5.74) is 3.74. The van der Waals surface area contributed by atoms with E-state index in [1.165, 1.54) is 12.1 Å². The standard InChI is InChI=1S/C15H15ClFNO/c1-9-5-13-14(3-2-4-15(13)19)18(9)12-7-10(16)6-11(17)8-12/h5-8,15,19H,2-4H2,1H3. The van der Waals surface area contributed by atoms with Gasteiger partial charge in [0, 0.05) is 27.7 Å². The lowest BCUT2D eigenvalue weighted by Gasteiger charge is -2.20. The van der Waals surface area contributed by atoms with Crippen molar-refractivity contribution < 1.29 is 9.50 Å². The highest BCUT2D eigenvalue weighted by Gasteiger charge is 2.23. The van der Waals surface area contributed by atoms with Gasteiger partial charge in [0.15, 0.2) is 0 Å². The number of aliphatic hydroxyl groups excluding tert-OH is 1. The highest BCUT2D eigenvalue weighted by molar-refractivity contribution is 6.30. The van der Waals surface area contributed by atoms with Gasteiger partial charge in [-0.2, -0.15) is 0 Å². The van der Waals surface area contributed by atoms with Gasteiger partial charge in [-0.3, -0.25) is 0 Å². The van der Waals surface area contributed by atoms with Crippen LogP contribution in [-0.4, -0.2) is 9.67 Å². The molecule has 4 heteroatoms. The molecule has 1 aromatic carbocycles. The number of aliphatic hydroxyl groups is 1. The van der Waals surface area contributed by atoms with Crippen LogP contribution in [0.15, 0.2) is 24.3 Å². The minimum atomic E-state index is -0.410. The molecule has 0 fully saturated rings. The molecule has 1 aliphatic carbocycles. The summed E-state index contributed by atoms with van der Waals surface area (Å²) in [7, 11) is 0. The summed E-state index contributed by atoms with van der Waals surface area (Å²) in [6.45, 7) is 1.96. The van der Waals surface area contributed by atoms with Crippen molar-refractivity contribution in [2.75, 3.05) is 0 Å². The number of benzene rings is 1. The van der Waals surface area contributed by atoms with E-state index >= 15 is 0 Å². The van der Waals surface area contributed by atoms with Gasteiger partial charge < -0.3 is 9.67 Å². The van der Waals surface area contributed by atoms with E-state index in [1.807, 2.05) is 17.6 Å². The predicted octanol–water partition coefficient (Wildman–Crippen LogP) is 3.95. The van der Waals surface area contributed by atoms with E-state index in [9.17, 15) is 9.50 Å². The lowest BCUT2D eigenvalue weighted by Crippen LogP contribution is -2.11. The minimum absolute atomic E-state index is 0.347. The molecule has 1 atom stereocenters. The zero-order chi connectivity index (χ0) is 13.6. The van der Waals surface area contributed by atoms with Crippen LogP contribution < -0.4 is 0 Å². The Kier molecular flexibility index (Phi) is 3.11. The molecular formula is C15H15ClFNO. The molecule has 1 aromatic heterocycles. The van der Waals surface area contributed by atoms with Crippen molar-refractivity contribution in [1.82, 2.24) is 4.57 Å². The van der Waals surface area contributed by atoms with Crippen molar-refractivity contribution in [1.29, 1.82) is 0 Å². The molecular weight excluding hydrogens is 265 g/mol. The maximum absolute atomic E-state index is 13.5. The van der Waals surface area contributed by atoms with Crippen LogP contribution >= 0.6 is 11.6 Å². The molecule has 2 nitrogen and oxygen atoms in total. The van der Waals surface area contributed by atoms with Gasteiger partial charge in [0.2, 0.25) is 0 Å². The van der Waals surface area contributed by atoms with Gasteiger partial charge in [0.1, 0.15) is 5.82 Å². The highest BCUT2D eigenvalue weighted by Crippen LogP contribution is 2.34. The quantitative estimate of drug-likeness (QED) is 0.840. The summed E-state index contributed by atoms with van der Waals surface area (Å²) >= 11 is 5.93. The molecule has 0 saturated carbocycles. The molecule has 0 spiro atoms. The van der Waals surface area contributed by atoms with Crippen LogP contribution in [0.2, 0.25) is 5.02 Å². The monoisotopic (exact) mass is 279 g/mol. The number of nitrogens with zero attached hydrogens (tertiary/aromatic N) is 1. The number of hydrogen-bond acceptors (Lipinski definition) is 1. The Morgan fingerprint density at radius 2 is 2.11 bits per heavy atom. The van der Waals surface area contributed by atoms with E-state index in [-0.39, 0.29) is 5.82 Å². The fourth-order valence-electron chi connectivity index (χ4n) is 2.91. The Bertz CT molecular complexity index is 615. The van der Waals surface area contributed by atoms with Crippen molar-refractivity contribution in [3.8, 4) is 5.69 Å². The number of aryl methyl sites for hydroxylation is 1. The lowest BCUT2D eigenvalue weighted by molar-refractivity contribution is 0.156. The van der Waals surface area contributed by atoms with Crippen molar-refractivity contribution in [3.63, 3.8) is 0 Å². The molecule has 1 aliphatic rings. The summed E-state index contributed by atoms with van der Waals surface area (Å²) in [6, 6.07) is 6.50. The van der Waals surface area contributed by atoms with Gasteiger partial charge in [-0.25, -0.2) is 4.39 Å². The second kappa shape index (κ2) is 4.66. The van der Waals surface area contributed by atoms with E-state index in [4.69, 9.17) is 11.6 Å². The molecule has 100 valence electrons. The molecule has 0 amide bonds. The van der Waals surface area contributed by atoms with Gasteiger partial charge in [-0.05, 0) is 50.5 Å². The molecule has 2 aromatic rings. The molecule has 0 saturated heterocycles. The summed E-state index contributed by atoms with van der Waals surface area (Å²) < 4.78 is 15.5. The maximum atomic E-state index is 13.5. The van der Waals surface area contributed by atoms with Gasteiger partial charge in [-0.1, -0.05) is 11.6 Å². The van der Waals surface area contributed by atoms with E-state index in [0.29, 0.717) is 5.02 Å². The van der Waals surface area contributed by atoms with Crippen LogP contribution in [0.25, 0.3) is 5.69 Å². The normalized spacial score (nSPS) is 18.4. The number of fused-ring (bicyclic) bond motifs is 1. The van der Waals surface area contributed by atoms with Crippen LogP contribution in [0.3, 0.4) is 0 Å². The first-order valence-corrected chi connectivity index (χ1v) is 6.79. The van der Waals surface area contributed by atoms with Gasteiger partial charge in [-0.15, -0.1) is 0 Å². The average Bonchev–Trinajstić information content (AvgIpc) is 2.65. The Morgan fingerprint density at radius 3 is 2.84 bits per heavy atom. The third-order valence-corrected chi connectivity index (χ3v) is 3.89. The van der Waals surface area contributed by atoms with Gasteiger partial charge in [0.05, 0.1) is 6.10 Å². The molecule has 19 heavy (non-hydrogen) atoms. The number of aromatic nitrogens is 1. The van der Waals surface area contributed by atoms with Crippen molar-refractivity contribution in [2.45, 2.75) is 32.3 Å². The third kappa shape index (κ3) is 2.17. The molecule has 0 radical (unpaired) electrons. The summed E-state index contributed by atoms with van der Waals surface area (Å²) in [5, 5.41) is 10.4. The molecule has 0 bridgehead atoms. The zero-order valence-electron chi connectivity index (χ0n) is 10.7. The van der Waals surface area contributed by atoms with E-state index < -0.39 is 6.10 Å². The van der Waals surface area contributed by atoms with Crippen molar-refractivity contribution in [2.24, 2.45) is 0 Å². The third-order valence-electron chi connectivity index (χ3n) is 3.68. The Labute approximate surface area is 116 Å². The Morgan fingerprint density at radius 1 is 1.32 bits per heavy atom. The topological polar surface area (TPSA) is 25.2 Å². The van der Waals surface area contributed by atoms with Gasteiger partial charge in [0.25, 0.3) is 0 Å². The van der Waals surface area contributed by atoms with E-state index in [0.717, 1.165) is 41.9 Å². The average molecular weight is 280 g/mol. The first-order valence-electron chi connectivity index (χ1n) is 6.42. The smallest absolute Gasteiger partial charge is 0.126 e. The minimum Gasteiger partial charge on any atom is -0.388 e. The molecule has 1 heterocycles. The molecule has 1 N–H and O–H groups in total. The zero-order valence-corrected chi connectivity index (χ0v) is 11.4. The number of rotatable bonds is 1. The first kappa shape index (κ1) is 12.7. The largest absolute Gasteiger partial charge is 0.388 e. The van der Waals surface area contributed by atoms with E-state index in [2.05, 4.69) is 0 Å². The summed E-state index contributed by atoms with van der Waals surface area (Å²) in [5.74, 6) is -0.347. The second-order valence-electron chi connectivity index (χ2n) is 5.06. The Hall–Kier alpha value is -1.32. The van der Waals surface area contributed by atoms with Crippen molar-refractivity contribution >= 4 is 11.6 Å². The number of halogens is 2. The summed E-state index contributed by atoms with van der Waals surface area (Å²) in [4.78, 5) is 0. The van der Waals surface area contributed by atoms with Crippen LogP contribution in [0.1, 0.15) is 35.9 Å².